The number of rotatable bonds is 9. The fourth-order valence-electron chi connectivity index (χ4n) is 7.86. The highest BCUT2D eigenvalue weighted by Crippen LogP contribution is 2.38. The van der Waals surface area contributed by atoms with Crippen molar-refractivity contribution in [2.24, 2.45) is 0 Å². The molecule has 57 heavy (non-hydrogen) atoms. The van der Waals surface area contributed by atoms with Crippen molar-refractivity contribution in [3.63, 3.8) is 0 Å². The van der Waals surface area contributed by atoms with E-state index in [-0.39, 0.29) is 0 Å². The molecule has 0 spiro atoms. The van der Waals surface area contributed by atoms with Crippen LogP contribution >= 0.6 is 0 Å². The summed E-state index contributed by atoms with van der Waals surface area (Å²) in [4.78, 5) is 20.5. The Balaban J connectivity index is 1.16. The molecule has 0 aliphatic carbocycles. The molecule has 0 amide bonds. The summed E-state index contributed by atoms with van der Waals surface area (Å²) in [6, 6.07) is 67.8. The Kier molecular flexibility index (Phi) is 8.94. The first kappa shape index (κ1) is 34.0. The number of aryl methyl sites for hydroxylation is 2. The van der Waals surface area contributed by atoms with Crippen LogP contribution in [0.2, 0.25) is 0 Å². The standard InChI is InChI=1S/C52H37N5/c1-5-17-36(18-6-1)40-29-31-43(37-19-7-2-8-20-37)46(34-40)42-33-41(52(53-35-42)57-47-27-15-13-25-44(47)45-26-14-16-28-48(45)57)30-32-49-54-50(38-21-9-3-10-22-38)56-51(55-49)39-23-11-4-12-24-39/h1-29,31,33-35H,30,32H2. The van der Waals surface area contributed by atoms with E-state index in [1.54, 1.807) is 0 Å². The largest absolute Gasteiger partial charge is 0.294 e. The number of nitrogens with zero attached hydrogens (tertiary/aromatic N) is 5. The SMILES string of the molecule is c1ccc(-c2ccc(-c3ccccc3)c(-c3cnc(-n4c5ccccc5c5ccccc54)c(CCc4nc(-c5ccccc5)nc(-c5ccccc5)n4)c3)c2)cc1. The van der Waals surface area contributed by atoms with Crippen molar-refractivity contribution in [1.29, 1.82) is 0 Å². The number of para-hydroxylation sites is 2. The molecule has 10 aromatic rings. The van der Waals surface area contributed by atoms with E-state index in [1.165, 1.54) is 16.3 Å². The molecule has 0 aliphatic rings. The highest BCUT2D eigenvalue weighted by molar-refractivity contribution is 6.09. The fourth-order valence-corrected chi connectivity index (χ4v) is 7.86. The van der Waals surface area contributed by atoms with Gasteiger partial charge >= 0.3 is 0 Å². The second-order valence-electron chi connectivity index (χ2n) is 14.2. The van der Waals surface area contributed by atoms with Crippen LogP contribution in [0.15, 0.2) is 200 Å². The van der Waals surface area contributed by atoms with Crippen molar-refractivity contribution < 1.29 is 0 Å². The van der Waals surface area contributed by atoms with Crippen molar-refractivity contribution in [1.82, 2.24) is 24.5 Å². The van der Waals surface area contributed by atoms with Gasteiger partial charge in [-0.2, -0.15) is 0 Å². The lowest BCUT2D eigenvalue weighted by atomic mass is 9.91. The van der Waals surface area contributed by atoms with Gasteiger partial charge in [0.1, 0.15) is 11.6 Å². The maximum Gasteiger partial charge on any atom is 0.163 e. The summed E-state index contributed by atoms with van der Waals surface area (Å²) >= 11 is 0. The van der Waals surface area contributed by atoms with Gasteiger partial charge in [-0.25, -0.2) is 19.9 Å². The van der Waals surface area contributed by atoms with E-state index in [4.69, 9.17) is 19.9 Å². The van der Waals surface area contributed by atoms with Crippen molar-refractivity contribution in [2.45, 2.75) is 12.8 Å². The lowest BCUT2D eigenvalue weighted by Gasteiger charge is -2.17. The van der Waals surface area contributed by atoms with E-state index in [0.29, 0.717) is 24.5 Å². The Morgan fingerprint density at radius 3 is 1.46 bits per heavy atom. The molecule has 0 N–H and O–H groups in total. The molecule has 5 heteroatoms. The fraction of sp³-hybridized carbons (Fsp3) is 0.0385. The molecule has 10 rings (SSSR count). The van der Waals surface area contributed by atoms with Gasteiger partial charge in [0.2, 0.25) is 0 Å². The molecule has 3 aromatic heterocycles. The molecule has 0 fully saturated rings. The molecular formula is C52H37N5. The van der Waals surface area contributed by atoms with E-state index in [2.05, 4.69) is 162 Å². The second-order valence-corrected chi connectivity index (χ2v) is 14.2. The maximum absolute atomic E-state index is 5.39. The van der Waals surface area contributed by atoms with Crippen LogP contribution in [0.5, 0.6) is 0 Å². The molecule has 5 nitrogen and oxygen atoms in total. The molecule has 270 valence electrons. The Morgan fingerprint density at radius 1 is 0.368 bits per heavy atom. The van der Waals surface area contributed by atoms with Crippen LogP contribution in [0.1, 0.15) is 11.4 Å². The topological polar surface area (TPSA) is 56.5 Å². The lowest BCUT2D eigenvalue weighted by molar-refractivity contribution is 0.833. The van der Waals surface area contributed by atoms with Gasteiger partial charge in [0.15, 0.2) is 11.6 Å². The van der Waals surface area contributed by atoms with Crippen LogP contribution in [0.3, 0.4) is 0 Å². The first-order chi connectivity index (χ1) is 28.3. The third kappa shape index (κ3) is 6.66. The van der Waals surface area contributed by atoms with Crippen molar-refractivity contribution in [3.05, 3.63) is 212 Å². The zero-order valence-corrected chi connectivity index (χ0v) is 31.2. The number of hydrogen-bond donors (Lipinski definition) is 0. The summed E-state index contributed by atoms with van der Waals surface area (Å²) in [5.41, 5.74) is 12.1. The third-order valence-corrected chi connectivity index (χ3v) is 10.6. The summed E-state index contributed by atoms with van der Waals surface area (Å²) < 4.78 is 2.32. The molecule has 0 unspecified atom stereocenters. The monoisotopic (exact) mass is 731 g/mol. The smallest absolute Gasteiger partial charge is 0.163 e. The van der Waals surface area contributed by atoms with Gasteiger partial charge in [0, 0.05) is 40.1 Å². The van der Waals surface area contributed by atoms with Gasteiger partial charge in [-0.05, 0) is 64.1 Å². The van der Waals surface area contributed by atoms with Crippen LogP contribution in [0.4, 0.5) is 0 Å². The average Bonchev–Trinajstić information content (AvgIpc) is 3.63. The molecule has 0 saturated carbocycles. The molecule has 0 aliphatic heterocycles. The molecule has 0 bridgehead atoms. The van der Waals surface area contributed by atoms with Crippen LogP contribution in [-0.2, 0) is 12.8 Å². The first-order valence-electron chi connectivity index (χ1n) is 19.4. The molecule has 7 aromatic carbocycles. The van der Waals surface area contributed by atoms with E-state index in [9.17, 15) is 0 Å². The highest BCUT2D eigenvalue weighted by Gasteiger charge is 2.19. The predicted octanol–water partition coefficient (Wildman–Crippen LogP) is 12.5. The number of benzene rings is 7. The Bertz CT molecular complexity index is 2880. The van der Waals surface area contributed by atoms with Gasteiger partial charge in [0.05, 0.1) is 11.0 Å². The van der Waals surface area contributed by atoms with Crippen molar-refractivity contribution in [3.8, 4) is 62.0 Å². The minimum atomic E-state index is 0.590. The normalized spacial score (nSPS) is 11.3. The van der Waals surface area contributed by atoms with E-state index >= 15 is 0 Å². The van der Waals surface area contributed by atoms with Gasteiger partial charge < -0.3 is 0 Å². The average molecular weight is 732 g/mol. The molecule has 0 radical (unpaired) electrons. The Labute approximate surface area is 331 Å². The van der Waals surface area contributed by atoms with E-state index in [0.717, 1.165) is 67.2 Å². The summed E-state index contributed by atoms with van der Waals surface area (Å²) in [6.07, 6.45) is 3.29. The molecule has 0 atom stereocenters. The van der Waals surface area contributed by atoms with E-state index in [1.807, 2.05) is 42.6 Å². The Morgan fingerprint density at radius 2 is 0.877 bits per heavy atom. The summed E-state index contributed by atoms with van der Waals surface area (Å²) in [5, 5.41) is 2.40. The van der Waals surface area contributed by atoms with Crippen molar-refractivity contribution in [2.75, 3.05) is 0 Å². The summed E-state index contributed by atoms with van der Waals surface area (Å²) in [6.45, 7) is 0. The van der Waals surface area contributed by atoms with E-state index < -0.39 is 0 Å². The molecule has 0 saturated heterocycles. The molecular weight excluding hydrogens is 695 g/mol. The van der Waals surface area contributed by atoms with Gasteiger partial charge in [0.25, 0.3) is 0 Å². The summed E-state index contributed by atoms with van der Waals surface area (Å²) in [5.74, 6) is 2.97. The van der Waals surface area contributed by atoms with Crippen LogP contribution in [0.25, 0.3) is 83.8 Å². The zero-order valence-electron chi connectivity index (χ0n) is 31.2. The van der Waals surface area contributed by atoms with Crippen LogP contribution in [-0.4, -0.2) is 24.5 Å². The minimum absolute atomic E-state index is 0.590. The van der Waals surface area contributed by atoms with Gasteiger partial charge in [-0.15, -0.1) is 0 Å². The maximum atomic E-state index is 5.39. The number of fused-ring (bicyclic) bond motifs is 3. The first-order valence-corrected chi connectivity index (χ1v) is 19.4. The zero-order chi connectivity index (χ0) is 38.0. The lowest BCUT2D eigenvalue weighted by Crippen LogP contribution is -2.08. The van der Waals surface area contributed by atoms with Crippen LogP contribution < -0.4 is 0 Å². The van der Waals surface area contributed by atoms with Gasteiger partial charge in [-0.3, -0.25) is 4.57 Å². The van der Waals surface area contributed by atoms with Crippen LogP contribution in [0, 0.1) is 0 Å². The second kappa shape index (κ2) is 15.0. The number of aromatic nitrogens is 5. The predicted molar refractivity (Wildman–Crippen MR) is 233 cm³/mol. The Hall–Kier alpha value is -7.50. The molecule has 3 heterocycles. The van der Waals surface area contributed by atoms with Gasteiger partial charge in [-0.1, -0.05) is 170 Å². The number of pyridine rings is 1. The third-order valence-electron chi connectivity index (χ3n) is 10.6. The minimum Gasteiger partial charge on any atom is -0.294 e. The number of hydrogen-bond acceptors (Lipinski definition) is 4. The summed E-state index contributed by atoms with van der Waals surface area (Å²) in [7, 11) is 0. The quantitative estimate of drug-likeness (QED) is 0.148. The highest BCUT2D eigenvalue weighted by atomic mass is 15.1. The van der Waals surface area contributed by atoms with Crippen molar-refractivity contribution >= 4 is 21.8 Å².